The molecule has 0 aromatic carbocycles. The third-order valence-corrected chi connectivity index (χ3v) is 4.54. The Kier molecular flexibility index (Phi) is 17.0. The lowest BCUT2D eigenvalue weighted by Crippen LogP contribution is -2.02. The maximum atomic E-state index is 10.8. The zero-order chi connectivity index (χ0) is 17.2. The Morgan fingerprint density at radius 3 is 2.00 bits per heavy atom. The van der Waals surface area contributed by atoms with Gasteiger partial charge in [-0.15, -0.1) is 0 Å². The van der Waals surface area contributed by atoms with Crippen molar-refractivity contribution in [3.05, 3.63) is 12.2 Å². The molecule has 136 valence electrons. The van der Waals surface area contributed by atoms with Gasteiger partial charge in [0, 0.05) is 6.42 Å². The minimum atomic E-state index is -0.663. The molecule has 0 bridgehead atoms. The first-order chi connectivity index (χ1) is 11.2. The second-order valence-electron chi connectivity index (χ2n) is 6.88. The van der Waals surface area contributed by atoms with Crippen LogP contribution in [0.5, 0.6) is 0 Å². The molecule has 2 nitrogen and oxygen atoms in total. The molecule has 0 radical (unpaired) electrons. The van der Waals surface area contributed by atoms with Crippen molar-refractivity contribution in [2.75, 3.05) is 0 Å². The van der Waals surface area contributed by atoms with Gasteiger partial charge in [0.2, 0.25) is 0 Å². The van der Waals surface area contributed by atoms with Gasteiger partial charge in [-0.25, -0.2) is 0 Å². The molecule has 1 atom stereocenters. The van der Waals surface area contributed by atoms with Crippen molar-refractivity contribution in [3.8, 4) is 0 Å². The summed E-state index contributed by atoms with van der Waals surface area (Å²) in [5.41, 5.74) is 0. The Morgan fingerprint density at radius 2 is 1.39 bits per heavy atom. The highest BCUT2D eigenvalue weighted by Gasteiger charge is 2.07. The molecule has 0 aromatic heterocycles. The molecular formula is C21H40O2. The minimum absolute atomic E-state index is 0.306. The Morgan fingerprint density at radius 1 is 0.826 bits per heavy atom. The molecule has 23 heavy (non-hydrogen) atoms. The van der Waals surface area contributed by atoms with Crippen LogP contribution in [0.3, 0.4) is 0 Å². The van der Waals surface area contributed by atoms with Gasteiger partial charge >= 0.3 is 5.97 Å². The zero-order valence-electron chi connectivity index (χ0n) is 15.7. The maximum Gasteiger partial charge on any atom is 0.303 e. The van der Waals surface area contributed by atoms with E-state index in [-0.39, 0.29) is 0 Å². The second-order valence-corrected chi connectivity index (χ2v) is 6.88. The minimum Gasteiger partial charge on any atom is -0.481 e. The van der Waals surface area contributed by atoms with Crippen LogP contribution < -0.4 is 0 Å². The van der Waals surface area contributed by atoms with Crippen LogP contribution in [0.4, 0.5) is 0 Å². The molecule has 0 fully saturated rings. The fourth-order valence-electron chi connectivity index (χ4n) is 2.99. The van der Waals surface area contributed by atoms with E-state index in [1.54, 1.807) is 0 Å². The quantitative estimate of drug-likeness (QED) is 0.228. The highest BCUT2D eigenvalue weighted by atomic mass is 16.4. The van der Waals surface area contributed by atoms with Gasteiger partial charge in [-0.05, 0) is 31.6 Å². The zero-order valence-corrected chi connectivity index (χ0v) is 15.7. The average Bonchev–Trinajstić information content (AvgIpc) is 2.54. The molecule has 1 unspecified atom stereocenters. The van der Waals surface area contributed by atoms with E-state index in [0.29, 0.717) is 12.3 Å². The average molecular weight is 325 g/mol. The largest absolute Gasteiger partial charge is 0.481 e. The lowest BCUT2D eigenvalue weighted by Gasteiger charge is -2.11. The molecule has 0 heterocycles. The summed E-state index contributed by atoms with van der Waals surface area (Å²) < 4.78 is 0. The van der Waals surface area contributed by atoms with E-state index in [2.05, 4.69) is 26.0 Å². The van der Waals surface area contributed by atoms with Crippen molar-refractivity contribution >= 4 is 5.97 Å². The topological polar surface area (TPSA) is 37.3 Å². The summed E-state index contributed by atoms with van der Waals surface area (Å²) >= 11 is 0. The van der Waals surface area contributed by atoms with Gasteiger partial charge in [-0.3, -0.25) is 4.79 Å². The number of carboxylic acids is 1. The predicted molar refractivity (Wildman–Crippen MR) is 101 cm³/mol. The fourth-order valence-corrected chi connectivity index (χ4v) is 2.99. The molecule has 1 N–H and O–H groups in total. The lowest BCUT2D eigenvalue weighted by atomic mass is 9.95. The van der Waals surface area contributed by atoms with Crippen LogP contribution in [0, 0.1) is 5.92 Å². The maximum absolute atomic E-state index is 10.8. The smallest absolute Gasteiger partial charge is 0.303 e. The molecule has 0 aliphatic carbocycles. The number of hydrogen-bond acceptors (Lipinski definition) is 1. The van der Waals surface area contributed by atoms with Crippen molar-refractivity contribution in [2.45, 2.75) is 110 Å². The van der Waals surface area contributed by atoms with Gasteiger partial charge in [-0.2, -0.15) is 0 Å². The van der Waals surface area contributed by atoms with Gasteiger partial charge in [0.05, 0.1) is 0 Å². The van der Waals surface area contributed by atoms with Crippen LogP contribution in [0.2, 0.25) is 0 Å². The third kappa shape index (κ3) is 17.4. The van der Waals surface area contributed by atoms with Crippen LogP contribution in [-0.4, -0.2) is 11.1 Å². The number of allylic oxidation sites excluding steroid dienone is 2. The van der Waals surface area contributed by atoms with Crippen molar-refractivity contribution in [1.29, 1.82) is 0 Å². The summed E-state index contributed by atoms with van der Waals surface area (Å²) in [6.07, 6.45) is 22.6. The van der Waals surface area contributed by atoms with Crippen molar-refractivity contribution in [3.63, 3.8) is 0 Å². The number of carboxylic acid groups (broad SMARTS) is 1. The SMILES string of the molecule is CCCCCCCCC/C=C\C(CCCCCC)CCC(=O)O. The summed E-state index contributed by atoms with van der Waals surface area (Å²) in [6.45, 7) is 4.48. The van der Waals surface area contributed by atoms with E-state index in [1.165, 1.54) is 70.6 Å². The van der Waals surface area contributed by atoms with Crippen LogP contribution >= 0.6 is 0 Å². The van der Waals surface area contributed by atoms with E-state index in [9.17, 15) is 4.79 Å². The van der Waals surface area contributed by atoms with E-state index in [0.717, 1.165) is 19.3 Å². The Hall–Kier alpha value is -0.790. The highest BCUT2D eigenvalue weighted by molar-refractivity contribution is 5.66. The summed E-state index contributed by atoms with van der Waals surface area (Å²) in [4.78, 5) is 10.8. The van der Waals surface area contributed by atoms with Crippen molar-refractivity contribution in [2.24, 2.45) is 5.92 Å². The van der Waals surface area contributed by atoms with Crippen LogP contribution in [-0.2, 0) is 4.79 Å². The molecule has 0 saturated carbocycles. The molecule has 0 amide bonds. The standard InChI is InChI=1S/C21H40O2/c1-3-5-7-9-10-11-12-13-15-17-20(18-19-21(22)23)16-14-8-6-4-2/h15,17,20H,3-14,16,18-19H2,1-2H3,(H,22,23)/b17-15-. The van der Waals surface area contributed by atoms with Gasteiger partial charge < -0.3 is 5.11 Å². The summed E-state index contributed by atoms with van der Waals surface area (Å²) in [5.74, 6) is -0.198. The van der Waals surface area contributed by atoms with Gasteiger partial charge in [0.25, 0.3) is 0 Å². The molecule has 0 rings (SSSR count). The van der Waals surface area contributed by atoms with Crippen molar-refractivity contribution in [1.82, 2.24) is 0 Å². The Balaban J connectivity index is 3.79. The first-order valence-electron chi connectivity index (χ1n) is 10.1. The molecule has 0 aliphatic rings. The lowest BCUT2D eigenvalue weighted by molar-refractivity contribution is -0.137. The first-order valence-corrected chi connectivity index (χ1v) is 10.1. The summed E-state index contributed by atoms with van der Waals surface area (Å²) in [7, 11) is 0. The summed E-state index contributed by atoms with van der Waals surface area (Å²) in [5, 5.41) is 8.88. The second kappa shape index (κ2) is 17.6. The van der Waals surface area contributed by atoms with Crippen LogP contribution in [0.25, 0.3) is 0 Å². The highest BCUT2D eigenvalue weighted by Crippen LogP contribution is 2.18. The van der Waals surface area contributed by atoms with Gasteiger partial charge in [-0.1, -0.05) is 90.2 Å². The predicted octanol–water partition coefficient (Wildman–Crippen LogP) is 7.13. The molecule has 0 saturated heterocycles. The number of hydrogen-bond donors (Lipinski definition) is 1. The van der Waals surface area contributed by atoms with E-state index in [1.807, 2.05) is 0 Å². The van der Waals surface area contributed by atoms with E-state index >= 15 is 0 Å². The molecule has 0 spiro atoms. The summed E-state index contributed by atoms with van der Waals surface area (Å²) in [6, 6.07) is 0. The molecule has 2 heteroatoms. The Bertz CT molecular complexity index is 284. The number of aliphatic carboxylic acids is 1. The number of unbranched alkanes of at least 4 members (excludes halogenated alkanes) is 10. The van der Waals surface area contributed by atoms with E-state index < -0.39 is 5.97 Å². The van der Waals surface area contributed by atoms with Gasteiger partial charge in [0.1, 0.15) is 0 Å². The normalized spacial score (nSPS) is 12.8. The van der Waals surface area contributed by atoms with Crippen LogP contribution in [0.1, 0.15) is 110 Å². The first kappa shape index (κ1) is 22.2. The molecule has 0 aliphatic heterocycles. The van der Waals surface area contributed by atoms with Crippen molar-refractivity contribution < 1.29 is 9.90 Å². The monoisotopic (exact) mass is 324 g/mol. The third-order valence-electron chi connectivity index (χ3n) is 4.54. The number of rotatable bonds is 17. The van der Waals surface area contributed by atoms with Gasteiger partial charge in [0.15, 0.2) is 0 Å². The fraction of sp³-hybridized carbons (Fsp3) is 0.857. The Labute approximate surface area is 144 Å². The molecule has 0 aromatic rings. The number of carbonyl (C=O) groups is 1. The molecular weight excluding hydrogens is 284 g/mol. The van der Waals surface area contributed by atoms with Crippen LogP contribution in [0.15, 0.2) is 12.2 Å². The van der Waals surface area contributed by atoms with E-state index in [4.69, 9.17) is 5.11 Å².